The zero-order chi connectivity index (χ0) is 11.3. The molecule has 0 spiro atoms. The summed E-state index contributed by atoms with van der Waals surface area (Å²) in [5, 5.41) is 0. The van der Waals surface area contributed by atoms with E-state index in [1.165, 1.54) is 0 Å². The van der Waals surface area contributed by atoms with Crippen molar-refractivity contribution in [2.75, 3.05) is 0 Å². The van der Waals surface area contributed by atoms with Crippen LogP contribution in [0.1, 0.15) is 18.9 Å². The van der Waals surface area contributed by atoms with Crippen molar-refractivity contribution in [3.8, 4) is 0 Å². The van der Waals surface area contributed by atoms with E-state index in [9.17, 15) is 0 Å². The fourth-order valence-corrected chi connectivity index (χ4v) is 1.68. The fraction of sp³-hybridized carbons (Fsp3) is 0.364. The maximum Gasteiger partial charge on any atom is 0.107 e. The molecule has 0 aliphatic carbocycles. The minimum Gasteiger partial charge on any atom is -0.391 e. The summed E-state index contributed by atoms with van der Waals surface area (Å²) in [6, 6.07) is 7.99. The molecule has 0 radical (unpaired) electrons. The predicted molar refractivity (Wildman–Crippen MR) is 69.8 cm³/mol. The largest absolute Gasteiger partial charge is 0.391 e. The molecule has 15 heavy (non-hydrogen) atoms. The number of ether oxygens (including phenoxy) is 1. The molecule has 0 bridgehead atoms. The van der Waals surface area contributed by atoms with Gasteiger partial charge in [0, 0.05) is 4.47 Å². The van der Waals surface area contributed by atoms with Gasteiger partial charge < -0.3 is 10.5 Å². The van der Waals surface area contributed by atoms with Gasteiger partial charge >= 0.3 is 0 Å². The summed E-state index contributed by atoms with van der Waals surface area (Å²) in [7, 11) is 0. The van der Waals surface area contributed by atoms with Gasteiger partial charge in [0.1, 0.15) is 11.1 Å². The topological polar surface area (TPSA) is 35.2 Å². The Bertz CT molecular complexity index is 326. The molecule has 1 unspecified atom stereocenters. The highest BCUT2D eigenvalue weighted by Gasteiger charge is 2.09. The van der Waals surface area contributed by atoms with Crippen molar-refractivity contribution in [2.24, 2.45) is 5.73 Å². The van der Waals surface area contributed by atoms with Crippen molar-refractivity contribution in [3.63, 3.8) is 0 Å². The zero-order valence-electron chi connectivity index (χ0n) is 8.57. The second-order valence-corrected chi connectivity index (χ2v) is 4.62. The molecule has 0 saturated carbocycles. The monoisotopic (exact) mass is 287 g/mol. The molecule has 0 amide bonds. The first-order chi connectivity index (χ1) is 7.13. The summed E-state index contributed by atoms with van der Waals surface area (Å²) in [6.07, 6.45) is 0.690. The molecular formula is C11H14BrNOS. The third-order valence-electron chi connectivity index (χ3n) is 2.05. The van der Waals surface area contributed by atoms with Crippen LogP contribution in [0.4, 0.5) is 0 Å². The first-order valence-corrected chi connectivity index (χ1v) is 5.99. The first-order valence-electron chi connectivity index (χ1n) is 4.79. The molecule has 0 fully saturated rings. The van der Waals surface area contributed by atoms with Gasteiger partial charge in [0.25, 0.3) is 0 Å². The fourth-order valence-electron chi connectivity index (χ4n) is 1.18. The highest BCUT2D eigenvalue weighted by Crippen LogP contribution is 2.12. The standard InChI is InChI=1S/C11H14BrNOS/c1-2-10(11(13)15)14-7-8-3-5-9(12)6-4-8/h3-6,10H,2,7H2,1H3,(H2,13,15). The summed E-state index contributed by atoms with van der Waals surface area (Å²) < 4.78 is 6.66. The Kier molecular flexibility index (Phi) is 5.22. The maximum atomic E-state index is 5.60. The van der Waals surface area contributed by atoms with Crippen molar-refractivity contribution in [2.45, 2.75) is 26.1 Å². The van der Waals surface area contributed by atoms with E-state index >= 15 is 0 Å². The first kappa shape index (κ1) is 12.6. The van der Waals surface area contributed by atoms with Gasteiger partial charge in [-0.3, -0.25) is 0 Å². The lowest BCUT2D eigenvalue weighted by atomic mass is 10.2. The minimum atomic E-state index is -0.122. The van der Waals surface area contributed by atoms with Crippen molar-refractivity contribution < 1.29 is 4.74 Å². The number of thiocarbonyl (C=S) groups is 1. The van der Waals surface area contributed by atoms with Crippen LogP contribution < -0.4 is 5.73 Å². The van der Waals surface area contributed by atoms with Crippen LogP contribution in [0.3, 0.4) is 0 Å². The van der Waals surface area contributed by atoms with Gasteiger partial charge in [-0.15, -0.1) is 0 Å². The SMILES string of the molecule is CCC(OCc1ccc(Br)cc1)C(N)=S. The minimum absolute atomic E-state index is 0.122. The number of benzene rings is 1. The van der Waals surface area contributed by atoms with E-state index in [4.69, 9.17) is 22.7 Å². The van der Waals surface area contributed by atoms with E-state index in [1.807, 2.05) is 31.2 Å². The highest BCUT2D eigenvalue weighted by molar-refractivity contribution is 9.10. The van der Waals surface area contributed by atoms with Crippen LogP contribution in [-0.4, -0.2) is 11.1 Å². The third-order valence-corrected chi connectivity index (χ3v) is 2.84. The number of hydrogen-bond donors (Lipinski definition) is 1. The molecule has 0 aliphatic heterocycles. The smallest absolute Gasteiger partial charge is 0.107 e. The molecule has 0 aliphatic rings. The van der Waals surface area contributed by atoms with E-state index in [0.717, 1.165) is 16.5 Å². The summed E-state index contributed by atoms with van der Waals surface area (Å²) in [5.41, 5.74) is 6.65. The Balaban J connectivity index is 2.49. The van der Waals surface area contributed by atoms with Crippen molar-refractivity contribution in [3.05, 3.63) is 34.3 Å². The Morgan fingerprint density at radius 1 is 1.47 bits per heavy atom. The van der Waals surface area contributed by atoms with E-state index in [0.29, 0.717) is 11.6 Å². The molecule has 0 saturated heterocycles. The molecular weight excluding hydrogens is 274 g/mol. The lowest BCUT2D eigenvalue weighted by Crippen LogP contribution is -2.28. The average Bonchev–Trinajstić information content (AvgIpc) is 2.21. The summed E-state index contributed by atoms with van der Waals surface area (Å²) in [6.45, 7) is 2.55. The van der Waals surface area contributed by atoms with Gasteiger partial charge in [-0.25, -0.2) is 0 Å². The molecule has 0 heterocycles. The molecule has 1 aromatic carbocycles. The van der Waals surface area contributed by atoms with Crippen molar-refractivity contribution >= 4 is 33.1 Å². The van der Waals surface area contributed by atoms with E-state index in [-0.39, 0.29) is 6.10 Å². The number of hydrogen-bond acceptors (Lipinski definition) is 2. The molecule has 0 aromatic heterocycles. The molecule has 2 N–H and O–H groups in total. The zero-order valence-corrected chi connectivity index (χ0v) is 11.0. The highest BCUT2D eigenvalue weighted by atomic mass is 79.9. The van der Waals surface area contributed by atoms with Crippen molar-refractivity contribution in [1.29, 1.82) is 0 Å². The van der Waals surface area contributed by atoms with E-state index in [2.05, 4.69) is 15.9 Å². The molecule has 1 rings (SSSR count). The molecule has 2 nitrogen and oxygen atoms in total. The molecule has 4 heteroatoms. The molecule has 1 atom stereocenters. The van der Waals surface area contributed by atoms with Crippen LogP contribution in [0, 0.1) is 0 Å². The second kappa shape index (κ2) is 6.20. The van der Waals surface area contributed by atoms with Gasteiger partial charge in [0.05, 0.1) is 6.61 Å². The van der Waals surface area contributed by atoms with Gasteiger partial charge in [-0.2, -0.15) is 0 Å². The number of nitrogens with two attached hydrogens (primary N) is 1. The Hall–Kier alpha value is -0.450. The lowest BCUT2D eigenvalue weighted by Gasteiger charge is -2.14. The predicted octanol–water partition coefficient (Wildman–Crippen LogP) is 3.03. The summed E-state index contributed by atoms with van der Waals surface area (Å²) in [4.78, 5) is 0.426. The van der Waals surface area contributed by atoms with Crippen LogP contribution in [0.25, 0.3) is 0 Å². The average molecular weight is 288 g/mol. The quantitative estimate of drug-likeness (QED) is 0.846. The van der Waals surface area contributed by atoms with Crippen molar-refractivity contribution in [1.82, 2.24) is 0 Å². The lowest BCUT2D eigenvalue weighted by molar-refractivity contribution is 0.0829. The van der Waals surface area contributed by atoms with Crippen LogP contribution in [0.15, 0.2) is 28.7 Å². The van der Waals surface area contributed by atoms with E-state index in [1.54, 1.807) is 0 Å². The summed E-state index contributed by atoms with van der Waals surface area (Å²) >= 11 is 8.28. The van der Waals surface area contributed by atoms with Crippen LogP contribution >= 0.6 is 28.1 Å². The van der Waals surface area contributed by atoms with Gasteiger partial charge in [0.2, 0.25) is 0 Å². The normalized spacial score (nSPS) is 12.4. The van der Waals surface area contributed by atoms with Gasteiger partial charge in [0.15, 0.2) is 0 Å². The summed E-state index contributed by atoms with van der Waals surface area (Å²) in [5.74, 6) is 0. The van der Waals surface area contributed by atoms with Crippen LogP contribution in [0.2, 0.25) is 0 Å². The molecule has 1 aromatic rings. The van der Waals surface area contributed by atoms with E-state index < -0.39 is 0 Å². The third kappa shape index (κ3) is 4.28. The van der Waals surface area contributed by atoms with Crippen LogP contribution in [0.5, 0.6) is 0 Å². The molecule has 82 valence electrons. The number of rotatable bonds is 5. The van der Waals surface area contributed by atoms with Gasteiger partial charge in [-0.05, 0) is 24.1 Å². The van der Waals surface area contributed by atoms with Crippen LogP contribution in [-0.2, 0) is 11.3 Å². The Morgan fingerprint density at radius 2 is 2.07 bits per heavy atom. The second-order valence-electron chi connectivity index (χ2n) is 3.24. The Labute approximate surface area is 104 Å². The van der Waals surface area contributed by atoms with Gasteiger partial charge in [-0.1, -0.05) is 47.2 Å². The Morgan fingerprint density at radius 3 is 2.53 bits per heavy atom. The number of halogens is 1. The maximum absolute atomic E-state index is 5.60.